The van der Waals surface area contributed by atoms with E-state index in [0.29, 0.717) is 17.9 Å². The van der Waals surface area contributed by atoms with E-state index in [1.807, 2.05) is 24.3 Å². The fourth-order valence-corrected chi connectivity index (χ4v) is 4.69. The fraction of sp³-hybridized carbons (Fsp3) is 0.632. The van der Waals surface area contributed by atoms with Crippen LogP contribution in [-0.2, 0) is 11.2 Å². The molecule has 3 unspecified atom stereocenters. The van der Waals surface area contributed by atoms with E-state index in [4.69, 9.17) is 4.74 Å². The van der Waals surface area contributed by atoms with Gasteiger partial charge in [0.15, 0.2) is 0 Å². The molecule has 0 aromatic heterocycles. The van der Waals surface area contributed by atoms with Crippen molar-refractivity contribution >= 4 is 5.91 Å². The molecule has 3 nitrogen and oxygen atoms in total. The van der Waals surface area contributed by atoms with Crippen LogP contribution < -0.4 is 10.1 Å². The number of hydrogen-bond acceptors (Lipinski definition) is 2. The van der Waals surface area contributed by atoms with Gasteiger partial charge in [-0.1, -0.05) is 39.0 Å². The Labute approximate surface area is 133 Å². The second-order valence-electron chi connectivity index (χ2n) is 7.72. The first-order valence-corrected chi connectivity index (χ1v) is 8.30. The molecule has 2 bridgehead atoms. The van der Waals surface area contributed by atoms with Crippen LogP contribution in [0.1, 0.15) is 45.6 Å². The summed E-state index contributed by atoms with van der Waals surface area (Å²) in [6, 6.07) is 8.06. The van der Waals surface area contributed by atoms with Crippen molar-refractivity contribution in [3.8, 4) is 5.75 Å². The van der Waals surface area contributed by atoms with Gasteiger partial charge in [-0.15, -0.1) is 0 Å². The molecule has 2 saturated carbocycles. The van der Waals surface area contributed by atoms with Crippen LogP contribution in [0, 0.1) is 16.7 Å². The third-order valence-electron chi connectivity index (χ3n) is 6.67. The fourth-order valence-electron chi connectivity index (χ4n) is 4.69. The average Bonchev–Trinajstić information content (AvgIpc) is 2.81. The first-order chi connectivity index (χ1) is 10.4. The number of para-hydroxylation sites is 1. The van der Waals surface area contributed by atoms with Gasteiger partial charge in [-0.2, -0.15) is 0 Å². The summed E-state index contributed by atoms with van der Waals surface area (Å²) >= 11 is 0. The lowest BCUT2D eigenvalue weighted by Gasteiger charge is -2.39. The van der Waals surface area contributed by atoms with E-state index in [0.717, 1.165) is 23.7 Å². The molecule has 1 aromatic rings. The van der Waals surface area contributed by atoms with Crippen molar-refractivity contribution in [2.75, 3.05) is 7.11 Å². The van der Waals surface area contributed by atoms with Crippen LogP contribution in [0.15, 0.2) is 24.3 Å². The van der Waals surface area contributed by atoms with Crippen LogP contribution in [0.25, 0.3) is 0 Å². The maximum absolute atomic E-state index is 12.5. The van der Waals surface area contributed by atoms with Gasteiger partial charge in [-0.3, -0.25) is 4.79 Å². The van der Waals surface area contributed by atoms with E-state index in [2.05, 4.69) is 26.1 Å². The minimum absolute atomic E-state index is 0.110. The molecule has 0 saturated heterocycles. The number of benzene rings is 1. The molecule has 22 heavy (non-hydrogen) atoms. The minimum Gasteiger partial charge on any atom is -0.496 e. The van der Waals surface area contributed by atoms with Crippen molar-refractivity contribution in [2.45, 2.75) is 52.5 Å². The summed E-state index contributed by atoms with van der Waals surface area (Å²) in [5.74, 6) is 1.64. The van der Waals surface area contributed by atoms with Crippen molar-refractivity contribution in [1.82, 2.24) is 5.32 Å². The number of carbonyl (C=O) groups is 1. The second kappa shape index (κ2) is 5.29. The van der Waals surface area contributed by atoms with Crippen LogP contribution in [0.4, 0.5) is 0 Å². The van der Waals surface area contributed by atoms with Gasteiger partial charge in [0, 0.05) is 11.6 Å². The molecule has 1 amide bonds. The summed E-state index contributed by atoms with van der Waals surface area (Å²) in [6.45, 7) is 7.10. The molecule has 1 N–H and O–H groups in total. The Morgan fingerprint density at radius 3 is 2.64 bits per heavy atom. The normalized spacial score (nSPS) is 32.0. The second-order valence-corrected chi connectivity index (χ2v) is 7.72. The first-order valence-electron chi connectivity index (χ1n) is 8.30. The summed E-state index contributed by atoms with van der Waals surface area (Å²) in [7, 11) is 1.65. The number of ether oxygens (including phenoxy) is 1. The molecule has 0 radical (unpaired) electrons. The predicted octanol–water partition coefficient (Wildman–Crippen LogP) is 3.57. The van der Waals surface area contributed by atoms with Gasteiger partial charge in [0.1, 0.15) is 5.75 Å². The molecule has 2 aliphatic carbocycles. The highest BCUT2D eigenvalue weighted by atomic mass is 16.5. The summed E-state index contributed by atoms with van der Waals surface area (Å²) < 4.78 is 5.34. The largest absolute Gasteiger partial charge is 0.496 e. The summed E-state index contributed by atoms with van der Waals surface area (Å²) in [5, 5.41) is 3.31. The maximum atomic E-state index is 12.5. The first kappa shape index (κ1) is 15.4. The van der Waals surface area contributed by atoms with Gasteiger partial charge in [0.2, 0.25) is 5.91 Å². The molecule has 0 aliphatic heterocycles. The predicted molar refractivity (Wildman–Crippen MR) is 87.9 cm³/mol. The standard InChI is InChI=1S/C19H27NO2/c1-18(2)14-9-10-19(18,3)16(12-14)20-17(21)11-13-7-5-6-8-15(13)22-4/h5-8,14,16H,9-12H2,1-4H3,(H,20,21). The highest BCUT2D eigenvalue weighted by molar-refractivity contribution is 5.79. The summed E-state index contributed by atoms with van der Waals surface area (Å²) in [4.78, 5) is 12.5. The molecular weight excluding hydrogens is 274 g/mol. The molecule has 3 heteroatoms. The number of carbonyl (C=O) groups excluding carboxylic acids is 1. The quantitative estimate of drug-likeness (QED) is 0.923. The lowest BCUT2D eigenvalue weighted by atomic mass is 9.69. The van der Waals surface area contributed by atoms with Crippen LogP contribution >= 0.6 is 0 Å². The summed E-state index contributed by atoms with van der Waals surface area (Å²) in [6.07, 6.45) is 4.05. The van der Waals surface area contributed by atoms with Crippen molar-refractivity contribution in [1.29, 1.82) is 0 Å². The van der Waals surface area contributed by atoms with Gasteiger partial charge in [0.05, 0.1) is 13.5 Å². The van der Waals surface area contributed by atoms with E-state index in [1.54, 1.807) is 7.11 Å². The van der Waals surface area contributed by atoms with Crippen molar-refractivity contribution in [2.24, 2.45) is 16.7 Å². The highest BCUT2D eigenvalue weighted by Gasteiger charge is 2.61. The Kier molecular flexibility index (Phi) is 3.70. The Hall–Kier alpha value is -1.51. The zero-order valence-corrected chi connectivity index (χ0v) is 14.1. The average molecular weight is 301 g/mol. The molecule has 2 fully saturated rings. The molecule has 3 atom stereocenters. The van der Waals surface area contributed by atoms with E-state index in [-0.39, 0.29) is 11.3 Å². The molecular formula is C19H27NO2. The van der Waals surface area contributed by atoms with Crippen LogP contribution in [0.3, 0.4) is 0 Å². The lowest BCUT2D eigenvalue weighted by molar-refractivity contribution is -0.122. The van der Waals surface area contributed by atoms with Gasteiger partial charge in [0.25, 0.3) is 0 Å². The third-order valence-corrected chi connectivity index (χ3v) is 6.67. The number of methoxy groups -OCH3 is 1. The SMILES string of the molecule is COc1ccccc1CC(=O)NC1CC2CCC1(C)C2(C)C. The molecule has 2 aliphatic rings. The highest BCUT2D eigenvalue weighted by Crippen LogP contribution is 2.65. The van der Waals surface area contributed by atoms with E-state index < -0.39 is 0 Å². The topological polar surface area (TPSA) is 38.3 Å². The summed E-state index contributed by atoms with van der Waals surface area (Å²) in [5.41, 5.74) is 1.51. The number of nitrogens with one attached hydrogen (secondary N) is 1. The Bertz CT molecular complexity index is 581. The van der Waals surface area contributed by atoms with Gasteiger partial charge >= 0.3 is 0 Å². The molecule has 120 valence electrons. The molecule has 0 heterocycles. The molecule has 3 rings (SSSR count). The van der Waals surface area contributed by atoms with Gasteiger partial charge < -0.3 is 10.1 Å². The van der Waals surface area contributed by atoms with E-state index in [1.165, 1.54) is 12.8 Å². The number of fused-ring (bicyclic) bond motifs is 2. The van der Waals surface area contributed by atoms with Crippen molar-refractivity contribution < 1.29 is 9.53 Å². The number of hydrogen-bond donors (Lipinski definition) is 1. The van der Waals surface area contributed by atoms with Crippen LogP contribution in [0.5, 0.6) is 5.75 Å². The van der Waals surface area contributed by atoms with Gasteiger partial charge in [-0.25, -0.2) is 0 Å². The Morgan fingerprint density at radius 2 is 2.05 bits per heavy atom. The van der Waals surface area contributed by atoms with Crippen molar-refractivity contribution in [3.63, 3.8) is 0 Å². The van der Waals surface area contributed by atoms with E-state index in [9.17, 15) is 4.79 Å². The Morgan fingerprint density at radius 1 is 1.32 bits per heavy atom. The zero-order valence-electron chi connectivity index (χ0n) is 14.1. The minimum atomic E-state index is 0.110. The van der Waals surface area contributed by atoms with E-state index >= 15 is 0 Å². The molecule has 1 aromatic carbocycles. The smallest absolute Gasteiger partial charge is 0.224 e. The number of rotatable bonds is 4. The van der Waals surface area contributed by atoms with Crippen molar-refractivity contribution in [3.05, 3.63) is 29.8 Å². The third kappa shape index (κ3) is 2.22. The van der Waals surface area contributed by atoms with Gasteiger partial charge in [-0.05, 0) is 42.1 Å². The Balaban J connectivity index is 1.69. The lowest BCUT2D eigenvalue weighted by Crippen LogP contribution is -2.47. The van der Waals surface area contributed by atoms with Crippen LogP contribution in [0.2, 0.25) is 0 Å². The van der Waals surface area contributed by atoms with Crippen LogP contribution in [-0.4, -0.2) is 19.1 Å². The molecule has 0 spiro atoms. The zero-order chi connectivity index (χ0) is 16.0. The maximum Gasteiger partial charge on any atom is 0.224 e. The monoisotopic (exact) mass is 301 g/mol. The number of amides is 1.